The standard InChI is InChI=1S/C13H21BrN2O2/c1-10(14)8-11-9-16(7-6-15(11)5)12(17)18-13(2,3)4/h8H,1,6-7,9H2,2-5H3/b11-8-. The Labute approximate surface area is 117 Å². The quantitative estimate of drug-likeness (QED) is 0.745. The number of allylic oxidation sites excluding steroid dienone is 2. The van der Waals surface area contributed by atoms with Gasteiger partial charge in [-0.2, -0.15) is 0 Å². The molecular weight excluding hydrogens is 296 g/mol. The average molecular weight is 317 g/mol. The van der Waals surface area contributed by atoms with Gasteiger partial charge in [-0.1, -0.05) is 22.5 Å². The van der Waals surface area contributed by atoms with Gasteiger partial charge in [0.25, 0.3) is 0 Å². The van der Waals surface area contributed by atoms with E-state index < -0.39 is 5.60 Å². The molecule has 0 radical (unpaired) electrons. The summed E-state index contributed by atoms with van der Waals surface area (Å²) < 4.78 is 6.17. The Kier molecular flexibility index (Phi) is 4.85. The van der Waals surface area contributed by atoms with Crippen molar-refractivity contribution >= 4 is 22.0 Å². The van der Waals surface area contributed by atoms with Gasteiger partial charge < -0.3 is 14.5 Å². The van der Waals surface area contributed by atoms with Crippen molar-refractivity contribution < 1.29 is 9.53 Å². The third-order valence-corrected chi connectivity index (χ3v) is 2.75. The zero-order chi connectivity index (χ0) is 13.9. The third-order valence-electron chi connectivity index (χ3n) is 2.52. The van der Waals surface area contributed by atoms with Crippen LogP contribution in [0.5, 0.6) is 0 Å². The fourth-order valence-electron chi connectivity index (χ4n) is 1.63. The molecule has 0 atom stereocenters. The van der Waals surface area contributed by atoms with Crippen molar-refractivity contribution in [1.82, 2.24) is 9.80 Å². The number of hydrogen-bond acceptors (Lipinski definition) is 3. The molecule has 4 nitrogen and oxygen atoms in total. The van der Waals surface area contributed by atoms with Crippen LogP contribution in [0.15, 0.2) is 22.8 Å². The van der Waals surface area contributed by atoms with Crippen LogP contribution in [0.25, 0.3) is 0 Å². The number of hydrogen-bond donors (Lipinski definition) is 0. The molecule has 0 saturated carbocycles. The van der Waals surface area contributed by atoms with E-state index in [1.54, 1.807) is 4.90 Å². The van der Waals surface area contributed by atoms with Crippen LogP contribution in [0, 0.1) is 0 Å². The maximum Gasteiger partial charge on any atom is 0.410 e. The van der Waals surface area contributed by atoms with Crippen LogP contribution < -0.4 is 0 Å². The summed E-state index contributed by atoms with van der Waals surface area (Å²) in [7, 11) is 2.01. The lowest BCUT2D eigenvalue weighted by molar-refractivity contribution is 0.0209. The lowest BCUT2D eigenvalue weighted by Gasteiger charge is -2.36. The van der Waals surface area contributed by atoms with Crippen LogP contribution >= 0.6 is 15.9 Å². The highest BCUT2D eigenvalue weighted by Crippen LogP contribution is 2.18. The first kappa shape index (κ1) is 15.1. The van der Waals surface area contributed by atoms with E-state index in [1.807, 2.05) is 33.9 Å². The summed E-state index contributed by atoms with van der Waals surface area (Å²) in [6.45, 7) is 11.4. The van der Waals surface area contributed by atoms with Crippen LogP contribution in [-0.2, 0) is 4.74 Å². The Morgan fingerprint density at radius 3 is 2.56 bits per heavy atom. The van der Waals surface area contributed by atoms with E-state index in [4.69, 9.17) is 4.74 Å². The number of likely N-dealkylation sites (N-methyl/N-ethyl adjacent to an activating group) is 1. The number of nitrogens with zero attached hydrogens (tertiary/aromatic N) is 2. The van der Waals surface area contributed by atoms with Crippen LogP contribution in [0.2, 0.25) is 0 Å². The van der Waals surface area contributed by atoms with E-state index in [9.17, 15) is 4.79 Å². The minimum Gasteiger partial charge on any atom is -0.444 e. The predicted molar refractivity (Wildman–Crippen MR) is 76.6 cm³/mol. The van der Waals surface area contributed by atoms with Gasteiger partial charge in [0, 0.05) is 30.3 Å². The maximum atomic E-state index is 12.0. The molecule has 1 fully saturated rings. The van der Waals surface area contributed by atoms with Gasteiger partial charge in [-0.05, 0) is 26.8 Å². The average Bonchev–Trinajstić information content (AvgIpc) is 2.17. The number of ether oxygens (including phenoxy) is 1. The van der Waals surface area contributed by atoms with Crippen LogP contribution in [0.1, 0.15) is 20.8 Å². The molecule has 0 aliphatic carbocycles. The van der Waals surface area contributed by atoms with Crippen molar-refractivity contribution in [1.29, 1.82) is 0 Å². The van der Waals surface area contributed by atoms with Gasteiger partial charge >= 0.3 is 6.09 Å². The second-order valence-electron chi connectivity index (χ2n) is 5.41. The Morgan fingerprint density at radius 2 is 2.06 bits per heavy atom. The number of amides is 1. The Morgan fingerprint density at radius 1 is 1.44 bits per heavy atom. The Bertz CT molecular complexity index is 372. The molecule has 102 valence electrons. The van der Waals surface area contributed by atoms with Gasteiger partial charge in [0.1, 0.15) is 5.60 Å². The minimum absolute atomic E-state index is 0.262. The van der Waals surface area contributed by atoms with Gasteiger partial charge in [0.2, 0.25) is 0 Å². The van der Waals surface area contributed by atoms with Crippen LogP contribution in [0.3, 0.4) is 0 Å². The molecule has 1 amide bonds. The molecule has 0 aromatic heterocycles. The smallest absolute Gasteiger partial charge is 0.410 e. The van der Waals surface area contributed by atoms with Crippen molar-refractivity contribution in [3.63, 3.8) is 0 Å². The highest BCUT2D eigenvalue weighted by Gasteiger charge is 2.26. The predicted octanol–water partition coefficient (Wildman–Crippen LogP) is 2.96. The third kappa shape index (κ3) is 4.72. The van der Waals surface area contributed by atoms with Gasteiger partial charge in [-0.25, -0.2) is 4.79 Å². The van der Waals surface area contributed by atoms with Crippen molar-refractivity contribution in [2.45, 2.75) is 26.4 Å². The van der Waals surface area contributed by atoms with Crippen LogP contribution in [0.4, 0.5) is 4.79 Å². The first-order valence-electron chi connectivity index (χ1n) is 5.93. The first-order chi connectivity index (χ1) is 8.19. The number of rotatable bonds is 1. The van der Waals surface area contributed by atoms with Crippen molar-refractivity contribution in [2.24, 2.45) is 0 Å². The lowest BCUT2D eigenvalue weighted by Crippen LogP contribution is -2.47. The molecule has 1 saturated heterocycles. The number of carbonyl (C=O) groups excluding carboxylic acids is 1. The maximum absolute atomic E-state index is 12.0. The summed E-state index contributed by atoms with van der Waals surface area (Å²) in [6, 6.07) is 0. The van der Waals surface area contributed by atoms with E-state index in [-0.39, 0.29) is 6.09 Å². The fraction of sp³-hybridized carbons (Fsp3) is 0.615. The minimum atomic E-state index is -0.455. The van der Waals surface area contributed by atoms with Crippen molar-refractivity contribution in [2.75, 3.05) is 26.7 Å². The summed E-state index contributed by atoms with van der Waals surface area (Å²) in [5, 5.41) is 0. The molecule has 0 N–H and O–H groups in total. The van der Waals surface area contributed by atoms with E-state index in [2.05, 4.69) is 27.4 Å². The summed E-state index contributed by atoms with van der Waals surface area (Å²) in [5.74, 6) is 0. The summed E-state index contributed by atoms with van der Waals surface area (Å²) in [4.78, 5) is 15.8. The number of halogens is 1. The molecule has 5 heteroatoms. The monoisotopic (exact) mass is 316 g/mol. The molecule has 0 aromatic carbocycles. The second kappa shape index (κ2) is 5.78. The summed E-state index contributed by atoms with van der Waals surface area (Å²) >= 11 is 3.31. The Balaban J connectivity index is 2.70. The Hall–Kier alpha value is -0.970. The summed E-state index contributed by atoms with van der Waals surface area (Å²) in [5.41, 5.74) is 0.595. The van der Waals surface area contributed by atoms with E-state index in [0.717, 1.165) is 16.7 Å². The highest BCUT2D eigenvalue weighted by molar-refractivity contribution is 9.11. The molecule has 0 aromatic rings. The fourth-order valence-corrected chi connectivity index (χ4v) is 1.89. The number of piperazine rings is 1. The van der Waals surface area contributed by atoms with Gasteiger partial charge in [-0.15, -0.1) is 0 Å². The molecule has 0 unspecified atom stereocenters. The zero-order valence-corrected chi connectivity index (χ0v) is 13.1. The molecule has 1 rings (SSSR count). The van der Waals surface area contributed by atoms with Gasteiger partial charge in [-0.3, -0.25) is 0 Å². The van der Waals surface area contributed by atoms with Crippen molar-refractivity contribution in [3.05, 3.63) is 22.8 Å². The van der Waals surface area contributed by atoms with E-state index in [0.29, 0.717) is 13.1 Å². The van der Waals surface area contributed by atoms with Crippen molar-refractivity contribution in [3.8, 4) is 0 Å². The first-order valence-corrected chi connectivity index (χ1v) is 6.72. The molecule has 0 bridgehead atoms. The molecule has 18 heavy (non-hydrogen) atoms. The van der Waals surface area contributed by atoms with E-state index >= 15 is 0 Å². The molecule has 1 aliphatic rings. The molecule has 1 heterocycles. The highest BCUT2D eigenvalue weighted by atomic mass is 79.9. The van der Waals surface area contributed by atoms with Gasteiger partial charge in [0.05, 0.1) is 6.54 Å². The topological polar surface area (TPSA) is 32.8 Å². The normalized spacial score (nSPS) is 19.1. The summed E-state index contributed by atoms with van der Waals surface area (Å²) in [6.07, 6.45) is 1.66. The molecule has 1 aliphatic heterocycles. The largest absolute Gasteiger partial charge is 0.444 e. The number of carbonyl (C=O) groups is 1. The van der Waals surface area contributed by atoms with Crippen LogP contribution in [-0.4, -0.2) is 48.2 Å². The molecule has 0 spiro atoms. The van der Waals surface area contributed by atoms with Gasteiger partial charge in [0.15, 0.2) is 0 Å². The molecular formula is C13H21BrN2O2. The lowest BCUT2D eigenvalue weighted by atomic mass is 10.2. The van der Waals surface area contributed by atoms with E-state index in [1.165, 1.54) is 0 Å². The SMILES string of the molecule is C=C(Br)/C=C1/CN(C(=O)OC(C)(C)C)CCN1C. The second-order valence-corrected chi connectivity index (χ2v) is 6.42. The zero-order valence-electron chi connectivity index (χ0n) is 11.5.